The van der Waals surface area contributed by atoms with Crippen molar-refractivity contribution in [2.75, 3.05) is 32.8 Å². The zero-order valence-electron chi connectivity index (χ0n) is 10.8. The number of hydrogen-bond donors (Lipinski definition) is 1. The molecule has 0 spiro atoms. The van der Waals surface area contributed by atoms with Gasteiger partial charge in [0.2, 0.25) is 0 Å². The van der Waals surface area contributed by atoms with Crippen LogP contribution in [0.5, 0.6) is 0 Å². The molecule has 1 amide bonds. The van der Waals surface area contributed by atoms with Crippen molar-refractivity contribution in [2.45, 2.75) is 0 Å². The second-order valence-corrected chi connectivity index (χ2v) is 5.17. The molecule has 1 aliphatic heterocycles. The number of carbonyl (C=O) groups is 1. The van der Waals surface area contributed by atoms with Gasteiger partial charge in [0.1, 0.15) is 0 Å². The summed E-state index contributed by atoms with van der Waals surface area (Å²) >= 11 is 11.7. The lowest BCUT2D eigenvalue weighted by atomic mass is 10.2. The van der Waals surface area contributed by atoms with E-state index >= 15 is 0 Å². The highest BCUT2D eigenvalue weighted by atomic mass is 35.5. The third kappa shape index (κ3) is 4.76. The minimum absolute atomic E-state index is 0.150. The van der Waals surface area contributed by atoms with Crippen LogP contribution in [0.3, 0.4) is 0 Å². The van der Waals surface area contributed by atoms with Crippen LogP contribution in [0.15, 0.2) is 23.3 Å². The average molecular weight is 316 g/mol. The minimum atomic E-state index is -0.150. The van der Waals surface area contributed by atoms with Crippen LogP contribution in [0.4, 0.5) is 0 Å². The summed E-state index contributed by atoms with van der Waals surface area (Å²) in [6.45, 7) is 3.19. The Morgan fingerprint density at radius 1 is 1.35 bits per heavy atom. The van der Waals surface area contributed by atoms with E-state index in [4.69, 9.17) is 27.9 Å². The number of nitrogens with one attached hydrogen (secondary N) is 1. The van der Waals surface area contributed by atoms with E-state index in [9.17, 15) is 4.79 Å². The van der Waals surface area contributed by atoms with Gasteiger partial charge in [-0.05, 0) is 17.7 Å². The number of halogens is 2. The van der Waals surface area contributed by atoms with Gasteiger partial charge in [-0.3, -0.25) is 9.69 Å². The number of carbonyl (C=O) groups excluding carboxylic acids is 1. The fourth-order valence-electron chi connectivity index (χ4n) is 1.77. The number of benzene rings is 1. The molecule has 5 nitrogen and oxygen atoms in total. The maximum Gasteiger partial charge on any atom is 0.254 e. The lowest BCUT2D eigenvalue weighted by Gasteiger charge is -2.25. The van der Waals surface area contributed by atoms with E-state index in [1.54, 1.807) is 18.2 Å². The molecule has 108 valence electrons. The molecule has 0 atom stereocenters. The summed E-state index contributed by atoms with van der Waals surface area (Å²) in [7, 11) is 0. The Bertz CT molecular complexity index is 502. The molecule has 1 N–H and O–H groups in total. The van der Waals surface area contributed by atoms with E-state index in [2.05, 4.69) is 10.5 Å². The van der Waals surface area contributed by atoms with E-state index in [1.165, 1.54) is 6.21 Å². The average Bonchev–Trinajstić information content (AvgIpc) is 2.44. The highest BCUT2D eigenvalue weighted by Gasteiger charge is 2.13. The third-order valence-corrected chi connectivity index (χ3v) is 3.56. The second-order valence-electron chi connectivity index (χ2n) is 4.36. The number of hydrazone groups is 1. The molecule has 1 fully saturated rings. The smallest absolute Gasteiger partial charge is 0.254 e. The molecule has 7 heteroatoms. The molecule has 0 aromatic heterocycles. The minimum Gasteiger partial charge on any atom is -0.379 e. The van der Waals surface area contributed by atoms with Crippen LogP contribution in [-0.4, -0.2) is 49.9 Å². The van der Waals surface area contributed by atoms with Crippen LogP contribution in [0.25, 0.3) is 0 Å². The van der Waals surface area contributed by atoms with Crippen LogP contribution in [-0.2, 0) is 9.53 Å². The molecule has 0 radical (unpaired) electrons. The van der Waals surface area contributed by atoms with E-state index in [0.29, 0.717) is 29.8 Å². The molecule has 0 unspecified atom stereocenters. The Morgan fingerprint density at radius 2 is 2.10 bits per heavy atom. The summed E-state index contributed by atoms with van der Waals surface area (Å²) in [5, 5.41) is 4.83. The molecule has 0 bridgehead atoms. The van der Waals surface area contributed by atoms with Crippen molar-refractivity contribution < 1.29 is 9.53 Å². The lowest BCUT2D eigenvalue weighted by molar-refractivity contribution is -0.123. The van der Waals surface area contributed by atoms with Crippen molar-refractivity contribution in [1.29, 1.82) is 0 Å². The van der Waals surface area contributed by atoms with Crippen LogP contribution < -0.4 is 5.43 Å². The molecular formula is C13H15Cl2N3O2. The Labute approximate surface area is 127 Å². The number of nitrogens with zero attached hydrogens (tertiary/aromatic N) is 2. The van der Waals surface area contributed by atoms with Gasteiger partial charge >= 0.3 is 0 Å². The van der Waals surface area contributed by atoms with Crippen molar-refractivity contribution >= 4 is 35.3 Å². The van der Waals surface area contributed by atoms with Gasteiger partial charge in [0.25, 0.3) is 5.91 Å². The van der Waals surface area contributed by atoms with Gasteiger partial charge in [0.05, 0.1) is 36.0 Å². The summed E-state index contributed by atoms with van der Waals surface area (Å²) in [6.07, 6.45) is 1.53. The molecule has 0 aliphatic carbocycles. The maximum atomic E-state index is 11.7. The van der Waals surface area contributed by atoms with Gasteiger partial charge in [-0.15, -0.1) is 0 Å². The van der Waals surface area contributed by atoms with E-state index in [-0.39, 0.29) is 5.91 Å². The summed E-state index contributed by atoms with van der Waals surface area (Å²) in [6, 6.07) is 5.13. The van der Waals surface area contributed by atoms with E-state index in [1.807, 2.05) is 4.90 Å². The van der Waals surface area contributed by atoms with Crippen molar-refractivity contribution in [2.24, 2.45) is 5.10 Å². The Morgan fingerprint density at radius 3 is 2.80 bits per heavy atom. The highest BCUT2D eigenvalue weighted by molar-refractivity contribution is 6.42. The van der Waals surface area contributed by atoms with Crippen molar-refractivity contribution in [3.05, 3.63) is 33.8 Å². The van der Waals surface area contributed by atoms with Crippen molar-refractivity contribution in [3.8, 4) is 0 Å². The lowest BCUT2D eigenvalue weighted by Crippen LogP contribution is -2.42. The predicted octanol–water partition coefficient (Wildman–Crippen LogP) is 1.78. The van der Waals surface area contributed by atoms with Crippen LogP contribution in [0, 0.1) is 0 Å². The molecule has 1 saturated heterocycles. The monoisotopic (exact) mass is 315 g/mol. The number of morpholine rings is 1. The van der Waals surface area contributed by atoms with Gasteiger partial charge in [-0.1, -0.05) is 29.3 Å². The SMILES string of the molecule is O=C(CN1CCOCC1)N/N=C\c1ccc(Cl)c(Cl)c1. The summed E-state index contributed by atoms with van der Waals surface area (Å²) in [4.78, 5) is 13.7. The molecular weight excluding hydrogens is 301 g/mol. The first kappa shape index (κ1) is 15.3. The van der Waals surface area contributed by atoms with Crippen LogP contribution in [0.1, 0.15) is 5.56 Å². The Balaban J connectivity index is 1.79. The molecule has 1 heterocycles. The Kier molecular flexibility index (Phi) is 5.79. The topological polar surface area (TPSA) is 53.9 Å². The molecule has 20 heavy (non-hydrogen) atoms. The summed E-state index contributed by atoms with van der Waals surface area (Å²) in [5.41, 5.74) is 3.25. The number of rotatable bonds is 4. The Hall–Kier alpha value is -1.14. The molecule has 2 rings (SSSR count). The maximum absolute atomic E-state index is 11.7. The second kappa shape index (κ2) is 7.59. The fourth-order valence-corrected chi connectivity index (χ4v) is 2.08. The van der Waals surface area contributed by atoms with Crippen molar-refractivity contribution in [3.63, 3.8) is 0 Å². The largest absolute Gasteiger partial charge is 0.379 e. The first-order valence-corrected chi connectivity index (χ1v) is 6.98. The first-order valence-electron chi connectivity index (χ1n) is 6.22. The van der Waals surface area contributed by atoms with Gasteiger partial charge < -0.3 is 4.74 Å². The number of amides is 1. The first-order chi connectivity index (χ1) is 9.65. The highest BCUT2D eigenvalue weighted by Crippen LogP contribution is 2.21. The van der Waals surface area contributed by atoms with Gasteiger partial charge in [0.15, 0.2) is 0 Å². The fraction of sp³-hybridized carbons (Fsp3) is 0.385. The molecule has 0 saturated carbocycles. The van der Waals surface area contributed by atoms with E-state index < -0.39 is 0 Å². The van der Waals surface area contributed by atoms with Gasteiger partial charge in [-0.25, -0.2) is 5.43 Å². The van der Waals surface area contributed by atoms with Gasteiger partial charge in [0, 0.05) is 13.1 Å². The standard InChI is InChI=1S/C13H15Cl2N3O2/c14-11-2-1-10(7-12(11)15)8-16-17-13(19)9-18-3-5-20-6-4-18/h1-2,7-8H,3-6,9H2,(H,17,19)/b16-8-. The molecule has 1 aliphatic rings. The zero-order chi connectivity index (χ0) is 14.4. The predicted molar refractivity (Wildman–Crippen MR) is 79.5 cm³/mol. The van der Waals surface area contributed by atoms with Crippen LogP contribution >= 0.6 is 23.2 Å². The van der Waals surface area contributed by atoms with E-state index in [0.717, 1.165) is 18.7 Å². The molecule has 1 aromatic rings. The zero-order valence-corrected chi connectivity index (χ0v) is 12.3. The van der Waals surface area contributed by atoms with Crippen LogP contribution in [0.2, 0.25) is 10.0 Å². The third-order valence-electron chi connectivity index (χ3n) is 2.82. The summed E-state index contributed by atoms with van der Waals surface area (Å²) in [5.74, 6) is -0.150. The van der Waals surface area contributed by atoms with Crippen molar-refractivity contribution in [1.82, 2.24) is 10.3 Å². The van der Waals surface area contributed by atoms with Gasteiger partial charge in [-0.2, -0.15) is 5.10 Å². The number of ether oxygens (including phenoxy) is 1. The molecule has 1 aromatic carbocycles. The normalized spacial score (nSPS) is 16.5. The summed E-state index contributed by atoms with van der Waals surface area (Å²) < 4.78 is 5.21. The quantitative estimate of drug-likeness (QED) is 0.680. The number of hydrogen-bond acceptors (Lipinski definition) is 4.